The minimum absolute atomic E-state index is 0.0528. The molecule has 4 heteroatoms. The SMILES string of the molecule is CC1(C)CSCC(C)(C)c2onnc21. The van der Waals surface area contributed by atoms with Gasteiger partial charge in [-0.1, -0.05) is 27.7 Å². The molecule has 0 atom stereocenters. The number of rotatable bonds is 0. The summed E-state index contributed by atoms with van der Waals surface area (Å²) in [5.41, 5.74) is 1.16. The zero-order valence-electron chi connectivity index (χ0n) is 9.13. The molecule has 0 fully saturated rings. The lowest BCUT2D eigenvalue weighted by Gasteiger charge is -2.20. The van der Waals surface area contributed by atoms with E-state index >= 15 is 0 Å². The van der Waals surface area contributed by atoms with E-state index in [9.17, 15) is 0 Å². The van der Waals surface area contributed by atoms with Gasteiger partial charge in [-0.05, 0) is 0 Å². The summed E-state index contributed by atoms with van der Waals surface area (Å²) in [4.78, 5) is 0. The van der Waals surface area contributed by atoms with Crippen molar-refractivity contribution < 1.29 is 4.52 Å². The van der Waals surface area contributed by atoms with E-state index in [1.807, 2.05) is 11.8 Å². The quantitative estimate of drug-likeness (QED) is 0.662. The fraction of sp³-hybridized carbons (Fsp3) is 0.800. The molecule has 1 aromatic heterocycles. The van der Waals surface area contributed by atoms with Gasteiger partial charge in [-0.25, -0.2) is 0 Å². The number of aromatic nitrogens is 2. The van der Waals surface area contributed by atoms with E-state index in [4.69, 9.17) is 4.52 Å². The highest BCUT2D eigenvalue weighted by Crippen LogP contribution is 2.40. The Kier molecular flexibility index (Phi) is 2.14. The van der Waals surface area contributed by atoms with Gasteiger partial charge in [0.25, 0.3) is 0 Å². The maximum atomic E-state index is 5.31. The topological polar surface area (TPSA) is 38.9 Å². The molecule has 0 saturated heterocycles. The lowest BCUT2D eigenvalue weighted by molar-refractivity contribution is 0.317. The van der Waals surface area contributed by atoms with Crippen LogP contribution in [0.1, 0.15) is 39.1 Å². The minimum atomic E-state index is 0.0528. The van der Waals surface area contributed by atoms with Crippen LogP contribution in [0.25, 0.3) is 0 Å². The predicted octanol–water partition coefficient (Wildman–Crippen LogP) is 2.37. The average Bonchev–Trinajstić information content (AvgIpc) is 2.48. The summed E-state index contributed by atoms with van der Waals surface area (Å²) in [5, 5.41) is 7.84. The van der Waals surface area contributed by atoms with Crippen LogP contribution < -0.4 is 0 Å². The molecule has 3 nitrogen and oxygen atoms in total. The summed E-state index contributed by atoms with van der Waals surface area (Å²) in [6.07, 6.45) is 0. The van der Waals surface area contributed by atoms with Gasteiger partial charge in [0.15, 0.2) is 5.76 Å². The molecule has 0 N–H and O–H groups in total. The molecule has 2 rings (SSSR count). The van der Waals surface area contributed by atoms with Gasteiger partial charge in [-0.15, -0.1) is 5.10 Å². The number of hydrogen-bond acceptors (Lipinski definition) is 4. The normalized spacial score (nSPS) is 24.0. The molecule has 0 bridgehead atoms. The lowest BCUT2D eigenvalue weighted by Crippen LogP contribution is -2.24. The maximum Gasteiger partial charge on any atom is 0.167 e. The van der Waals surface area contributed by atoms with Crippen molar-refractivity contribution in [3.8, 4) is 0 Å². The number of thioether (sulfide) groups is 1. The Morgan fingerprint density at radius 1 is 1.14 bits per heavy atom. The van der Waals surface area contributed by atoms with Crippen molar-refractivity contribution in [3.05, 3.63) is 11.5 Å². The van der Waals surface area contributed by atoms with E-state index in [1.54, 1.807) is 0 Å². The van der Waals surface area contributed by atoms with Crippen molar-refractivity contribution in [2.24, 2.45) is 0 Å². The molecule has 0 unspecified atom stereocenters. The van der Waals surface area contributed by atoms with Gasteiger partial charge < -0.3 is 4.52 Å². The molecule has 0 aromatic carbocycles. The Balaban J connectivity index is 2.55. The van der Waals surface area contributed by atoms with Gasteiger partial charge in [-0.2, -0.15) is 11.8 Å². The van der Waals surface area contributed by atoms with Crippen molar-refractivity contribution in [2.75, 3.05) is 11.5 Å². The van der Waals surface area contributed by atoms with Gasteiger partial charge >= 0.3 is 0 Å². The van der Waals surface area contributed by atoms with Gasteiger partial charge in [0.1, 0.15) is 5.69 Å². The van der Waals surface area contributed by atoms with Crippen LogP contribution in [0.15, 0.2) is 4.52 Å². The maximum absolute atomic E-state index is 5.31. The molecular weight excluding hydrogens is 196 g/mol. The summed E-state index contributed by atoms with van der Waals surface area (Å²) in [7, 11) is 0. The van der Waals surface area contributed by atoms with Crippen LogP contribution in [0, 0.1) is 0 Å². The molecular formula is C10H16N2OS. The number of fused-ring (bicyclic) bond motifs is 1. The Labute approximate surface area is 88.6 Å². The van der Waals surface area contributed by atoms with Crippen LogP contribution in [0.2, 0.25) is 0 Å². The minimum Gasteiger partial charge on any atom is -0.341 e. The fourth-order valence-corrected chi connectivity index (χ4v) is 3.16. The summed E-state index contributed by atoms with van der Waals surface area (Å²) in [6.45, 7) is 8.77. The van der Waals surface area contributed by atoms with E-state index < -0.39 is 0 Å². The Bertz CT molecular complexity index is 313. The molecule has 0 amide bonds. The molecule has 14 heavy (non-hydrogen) atoms. The largest absolute Gasteiger partial charge is 0.341 e. The second-order valence-corrected chi connectivity index (χ2v) is 6.20. The van der Waals surface area contributed by atoms with Crippen LogP contribution in [0.3, 0.4) is 0 Å². The van der Waals surface area contributed by atoms with Crippen molar-refractivity contribution >= 4 is 11.8 Å². The van der Waals surface area contributed by atoms with Crippen molar-refractivity contribution in [2.45, 2.75) is 38.5 Å². The van der Waals surface area contributed by atoms with Crippen LogP contribution in [-0.4, -0.2) is 21.9 Å². The Morgan fingerprint density at radius 3 is 2.50 bits per heavy atom. The van der Waals surface area contributed by atoms with Gasteiger partial charge in [0.2, 0.25) is 0 Å². The second-order valence-electron chi connectivity index (χ2n) is 5.21. The lowest BCUT2D eigenvalue weighted by atomic mass is 9.83. The first-order chi connectivity index (χ1) is 6.43. The average molecular weight is 212 g/mol. The monoisotopic (exact) mass is 212 g/mol. The van der Waals surface area contributed by atoms with Crippen LogP contribution in [-0.2, 0) is 10.8 Å². The molecule has 1 aromatic rings. The van der Waals surface area contributed by atoms with Crippen molar-refractivity contribution in [3.63, 3.8) is 0 Å². The first-order valence-corrected chi connectivity index (χ1v) is 6.00. The van der Waals surface area contributed by atoms with E-state index in [0.29, 0.717) is 0 Å². The van der Waals surface area contributed by atoms with E-state index in [1.165, 1.54) is 0 Å². The third-order valence-corrected chi connectivity index (χ3v) is 4.52. The summed E-state index contributed by atoms with van der Waals surface area (Å²) in [6, 6.07) is 0. The number of hydrogen-bond donors (Lipinski definition) is 0. The summed E-state index contributed by atoms with van der Waals surface area (Å²) in [5.74, 6) is 3.12. The van der Waals surface area contributed by atoms with Gasteiger partial charge in [-0.3, -0.25) is 0 Å². The smallest absolute Gasteiger partial charge is 0.167 e. The Morgan fingerprint density at radius 2 is 1.79 bits per heavy atom. The predicted molar refractivity (Wildman–Crippen MR) is 57.7 cm³/mol. The molecule has 0 spiro atoms. The van der Waals surface area contributed by atoms with Crippen molar-refractivity contribution in [1.29, 1.82) is 0 Å². The van der Waals surface area contributed by atoms with Crippen molar-refractivity contribution in [1.82, 2.24) is 10.4 Å². The van der Waals surface area contributed by atoms with Gasteiger partial charge in [0, 0.05) is 27.6 Å². The highest BCUT2D eigenvalue weighted by Gasteiger charge is 2.39. The van der Waals surface area contributed by atoms with Crippen LogP contribution in [0.4, 0.5) is 0 Å². The second kappa shape index (κ2) is 2.99. The highest BCUT2D eigenvalue weighted by atomic mass is 32.2. The highest BCUT2D eigenvalue weighted by molar-refractivity contribution is 7.99. The summed E-state index contributed by atoms with van der Waals surface area (Å²) < 4.78 is 5.31. The van der Waals surface area contributed by atoms with Gasteiger partial charge in [0.05, 0.1) is 0 Å². The molecule has 0 aliphatic carbocycles. The molecule has 0 radical (unpaired) electrons. The van der Waals surface area contributed by atoms with E-state index in [-0.39, 0.29) is 10.8 Å². The molecule has 1 aliphatic rings. The molecule has 2 heterocycles. The van der Waals surface area contributed by atoms with Crippen LogP contribution in [0.5, 0.6) is 0 Å². The fourth-order valence-electron chi connectivity index (χ4n) is 1.77. The number of nitrogens with zero attached hydrogens (tertiary/aromatic N) is 2. The third-order valence-electron chi connectivity index (χ3n) is 2.67. The first-order valence-electron chi connectivity index (χ1n) is 4.84. The van der Waals surface area contributed by atoms with E-state index in [2.05, 4.69) is 38.1 Å². The standard InChI is InChI=1S/C10H16N2OS/c1-9(2)5-14-6-10(3,4)8-7(9)11-12-13-8/h5-6H2,1-4H3. The van der Waals surface area contributed by atoms with Crippen LogP contribution >= 0.6 is 11.8 Å². The third kappa shape index (κ3) is 1.45. The Hall–Kier alpha value is -0.510. The summed E-state index contributed by atoms with van der Waals surface area (Å²) >= 11 is 1.96. The van der Waals surface area contributed by atoms with E-state index in [0.717, 1.165) is 23.0 Å². The molecule has 1 aliphatic heterocycles. The first kappa shape index (κ1) is 10.0. The molecule has 78 valence electrons. The molecule has 0 saturated carbocycles. The zero-order valence-corrected chi connectivity index (χ0v) is 9.94. The zero-order chi connectivity index (χ0) is 10.4.